The number of aliphatic hydroxyl groups is 1. The molecular formula is C19H21BrO6. The van der Waals surface area contributed by atoms with E-state index in [2.05, 4.69) is 15.9 Å². The Kier molecular flexibility index (Phi) is 5.48. The van der Waals surface area contributed by atoms with E-state index in [-0.39, 0.29) is 0 Å². The second kappa shape index (κ2) is 7.63. The van der Waals surface area contributed by atoms with Crippen molar-refractivity contribution in [3.63, 3.8) is 0 Å². The molecule has 1 aliphatic rings. The molecule has 7 heteroatoms. The molecule has 6 nitrogen and oxygen atoms in total. The molecule has 140 valence electrons. The number of rotatable bonds is 5. The summed E-state index contributed by atoms with van der Waals surface area (Å²) < 4.78 is 28.3. The molecule has 0 spiro atoms. The standard InChI is InChI=1S/C19H21BrO6/c1-22-13-6-5-10(7-15(13)24-3)18-12(21)8-11-14(23-2)9-16(25-4)17(20)19(11)26-18/h5-7,9,12,18,21H,8H2,1-4H3/t12-,18?/m1/s1. The molecule has 0 aliphatic carbocycles. The molecule has 0 saturated heterocycles. The van der Waals surface area contributed by atoms with Gasteiger partial charge in [-0.05, 0) is 33.6 Å². The average Bonchev–Trinajstić information content (AvgIpc) is 2.67. The number of aliphatic hydroxyl groups excluding tert-OH is 1. The fourth-order valence-electron chi connectivity index (χ4n) is 3.11. The summed E-state index contributed by atoms with van der Waals surface area (Å²) >= 11 is 3.53. The molecule has 1 unspecified atom stereocenters. The number of benzene rings is 2. The van der Waals surface area contributed by atoms with E-state index >= 15 is 0 Å². The highest BCUT2D eigenvalue weighted by molar-refractivity contribution is 9.10. The zero-order valence-corrected chi connectivity index (χ0v) is 16.6. The van der Waals surface area contributed by atoms with Crippen LogP contribution in [-0.4, -0.2) is 39.6 Å². The monoisotopic (exact) mass is 424 g/mol. The minimum Gasteiger partial charge on any atom is -0.496 e. The van der Waals surface area contributed by atoms with Crippen LogP contribution in [0, 0.1) is 0 Å². The summed E-state index contributed by atoms with van der Waals surface area (Å²) in [6.07, 6.45) is -0.912. The predicted octanol–water partition coefficient (Wildman–Crippen LogP) is 3.52. The minimum atomic E-state index is -0.741. The molecule has 0 aromatic heterocycles. The number of hydrogen-bond donors (Lipinski definition) is 1. The van der Waals surface area contributed by atoms with Crippen LogP contribution >= 0.6 is 15.9 Å². The molecular weight excluding hydrogens is 404 g/mol. The van der Waals surface area contributed by atoms with Crippen LogP contribution in [0.25, 0.3) is 0 Å². The van der Waals surface area contributed by atoms with Crippen LogP contribution < -0.4 is 23.7 Å². The Morgan fingerprint density at radius 2 is 1.58 bits per heavy atom. The fourth-order valence-corrected chi connectivity index (χ4v) is 3.72. The van der Waals surface area contributed by atoms with E-state index < -0.39 is 12.2 Å². The van der Waals surface area contributed by atoms with Crippen LogP contribution in [0.3, 0.4) is 0 Å². The van der Waals surface area contributed by atoms with Gasteiger partial charge in [0.05, 0.1) is 34.5 Å². The SMILES string of the molecule is COc1ccc(C2Oc3c(Br)c(OC)cc(OC)c3C[C@H]2O)cc1OC. The summed E-state index contributed by atoms with van der Waals surface area (Å²) in [4.78, 5) is 0. The van der Waals surface area contributed by atoms with Crippen LogP contribution in [0.15, 0.2) is 28.7 Å². The summed E-state index contributed by atoms with van der Waals surface area (Å²) in [5.41, 5.74) is 1.58. The van der Waals surface area contributed by atoms with Gasteiger partial charge in [0.15, 0.2) is 17.6 Å². The van der Waals surface area contributed by atoms with E-state index in [0.29, 0.717) is 39.6 Å². The molecule has 0 amide bonds. The Morgan fingerprint density at radius 3 is 2.19 bits per heavy atom. The van der Waals surface area contributed by atoms with Gasteiger partial charge >= 0.3 is 0 Å². The molecule has 1 heterocycles. The van der Waals surface area contributed by atoms with E-state index in [1.807, 2.05) is 12.1 Å². The Morgan fingerprint density at radius 1 is 0.923 bits per heavy atom. The molecule has 2 aromatic rings. The van der Waals surface area contributed by atoms with Crippen molar-refractivity contribution in [2.24, 2.45) is 0 Å². The van der Waals surface area contributed by atoms with Gasteiger partial charge in [0, 0.05) is 18.1 Å². The largest absolute Gasteiger partial charge is 0.496 e. The third kappa shape index (κ3) is 3.17. The Labute approximate surface area is 160 Å². The lowest BCUT2D eigenvalue weighted by molar-refractivity contribution is 0.0190. The zero-order chi connectivity index (χ0) is 18.8. The smallest absolute Gasteiger partial charge is 0.161 e. The maximum Gasteiger partial charge on any atom is 0.161 e. The van der Waals surface area contributed by atoms with Crippen molar-refractivity contribution in [1.29, 1.82) is 0 Å². The van der Waals surface area contributed by atoms with Crippen molar-refractivity contribution in [1.82, 2.24) is 0 Å². The van der Waals surface area contributed by atoms with Gasteiger partial charge in [-0.15, -0.1) is 0 Å². The molecule has 2 atom stereocenters. The molecule has 3 rings (SSSR count). The third-order valence-corrected chi connectivity index (χ3v) is 5.18. The summed E-state index contributed by atoms with van der Waals surface area (Å²) in [6.45, 7) is 0. The Bertz CT molecular complexity index is 807. The first kappa shape index (κ1) is 18.7. The summed E-state index contributed by atoms with van der Waals surface area (Å²) in [6, 6.07) is 7.23. The van der Waals surface area contributed by atoms with Gasteiger partial charge < -0.3 is 28.8 Å². The van der Waals surface area contributed by atoms with Crippen LogP contribution in [0.4, 0.5) is 0 Å². The van der Waals surface area contributed by atoms with Gasteiger partial charge in [-0.25, -0.2) is 0 Å². The van der Waals surface area contributed by atoms with E-state index in [1.54, 1.807) is 40.6 Å². The number of fused-ring (bicyclic) bond motifs is 1. The van der Waals surface area contributed by atoms with Gasteiger partial charge in [0.2, 0.25) is 0 Å². The van der Waals surface area contributed by atoms with Crippen molar-refractivity contribution in [2.75, 3.05) is 28.4 Å². The molecule has 2 aromatic carbocycles. The molecule has 1 N–H and O–H groups in total. The van der Waals surface area contributed by atoms with Crippen molar-refractivity contribution < 1.29 is 28.8 Å². The zero-order valence-electron chi connectivity index (χ0n) is 15.0. The van der Waals surface area contributed by atoms with Crippen LogP contribution in [-0.2, 0) is 6.42 Å². The molecule has 0 radical (unpaired) electrons. The summed E-state index contributed by atoms with van der Waals surface area (Å²) in [5.74, 6) is 3.01. The normalized spacial score (nSPS) is 18.5. The molecule has 0 bridgehead atoms. The third-order valence-electron chi connectivity index (χ3n) is 4.43. The minimum absolute atomic E-state index is 0.389. The first-order valence-electron chi connectivity index (χ1n) is 8.04. The molecule has 1 aliphatic heterocycles. The van der Waals surface area contributed by atoms with Crippen LogP contribution in [0.2, 0.25) is 0 Å². The van der Waals surface area contributed by atoms with Gasteiger partial charge in [-0.1, -0.05) is 6.07 Å². The molecule has 0 fully saturated rings. The lowest BCUT2D eigenvalue weighted by Crippen LogP contribution is -2.31. The quantitative estimate of drug-likeness (QED) is 0.791. The first-order valence-corrected chi connectivity index (χ1v) is 8.83. The second-order valence-corrected chi connectivity index (χ2v) is 6.62. The van der Waals surface area contributed by atoms with Gasteiger partial charge in [0.25, 0.3) is 0 Å². The fraction of sp³-hybridized carbons (Fsp3) is 0.368. The second-order valence-electron chi connectivity index (χ2n) is 5.83. The van der Waals surface area contributed by atoms with Crippen molar-refractivity contribution >= 4 is 15.9 Å². The predicted molar refractivity (Wildman–Crippen MR) is 99.9 cm³/mol. The van der Waals surface area contributed by atoms with E-state index in [4.69, 9.17) is 23.7 Å². The average molecular weight is 425 g/mol. The van der Waals surface area contributed by atoms with Gasteiger partial charge in [-0.3, -0.25) is 0 Å². The highest BCUT2D eigenvalue weighted by Gasteiger charge is 2.34. The number of methoxy groups -OCH3 is 4. The van der Waals surface area contributed by atoms with Gasteiger partial charge in [0.1, 0.15) is 21.7 Å². The lowest BCUT2D eigenvalue weighted by atomic mass is 9.94. The number of halogens is 1. The number of hydrogen-bond acceptors (Lipinski definition) is 6. The highest BCUT2D eigenvalue weighted by Crippen LogP contribution is 2.48. The topological polar surface area (TPSA) is 66.4 Å². The lowest BCUT2D eigenvalue weighted by Gasteiger charge is -2.33. The maximum absolute atomic E-state index is 10.7. The first-order chi connectivity index (χ1) is 12.5. The van der Waals surface area contributed by atoms with Crippen LogP contribution in [0.1, 0.15) is 17.2 Å². The highest BCUT2D eigenvalue weighted by atomic mass is 79.9. The number of ether oxygens (including phenoxy) is 5. The van der Waals surface area contributed by atoms with Crippen molar-refractivity contribution in [2.45, 2.75) is 18.6 Å². The van der Waals surface area contributed by atoms with Crippen molar-refractivity contribution in [3.8, 4) is 28.7 Å². The van der Waals surface area contributed by atoms with Crippen LogP contribution in [0.5, 0.6) is 28.7 Å². The van der Waals surface area contributed by atoms with E-state index in [0.717, 1.165) is 11.1 Å². The Balaban J connectivity index is 2.04. The van der Waals surface area contributed by atoms with Crippen molar-refractivity contribution in [3.05, 3.63) is 39.9 Å². The van der Waals surface area contributed by atoms with Gasteiger partial charge in [-0.2, -0.15) is 0 Å². The Hall–Kier alpha value is -2.12. The molecule has 26 heavy (non-hydrogen) atoms. The maximum atomic E-state index is 10.7. The van der Waals surface area contributed by atoms with E-state index in [9.17, 15) is 5.11 Å². The van der Waals surface area contributed by atoms with E-state index in [1.165, 1.54) is 0 Å². The summed E-state index contributed by atoms with van der Waals surface area (Å²) in [5, 5.41) is 10.7. The molecule has 0 saturated carbocycles. The summed E-state index contributed by atoms with van der Waals surface area (Å²) in [7, 11) is 6.31.